The second kappa shape index (κ2) is 12.3. The highest BCUT2D eigenvalue weighted by atomic mass is 32.2. The van der Waals surface area contributed by atoms with Crippen LogP contribution < -0.4 is 10.9 Å². The fourth-order valence-electron chi connectivity index (χ4n) is 3.86. The normalized spacial score (nSPS) is 15.2. The highest BCUT2D eigenvalue weighted by Gasteiger charge is 2.32. The van der Waals surface area contributed by atoms with Crippen LogP contribution in [0.2, 0.25) is 0 Å². The van der Waals surface area contributed by atoms with Gasteiger partial charge in [-0.25, -0.2) is 4.98 Å². The van der Waals surface area contributed by atoms with Crippen LogP contribution in [0.15, 0.2) is 28.0 Å². The SMILES string of the molecule is CCCCCCCN1C(=O)C(=Cc2c(NCCCCC)nc3c(C)cccn3c2=O)SC1=S. The van der Waals surface area contributed by atoms with Crippen molar-refractivity contribution in [3.8, 4) is 0 Å². The Kier molecular flexibility index (Phi) is 9.50. The lowest BCUT2D eigenvalue weighted by atomic mass is 10.1. The molecule has 2 aromatic heterocycles. The third kappa shape index (κ3) is 6.23. The first-order valence-electron chi connectivity index (χ1n) is 12.0. The van der Waals surface area contributed by atoms with E-state index in [1.807, 2.05) is 19.1 Å². The first-order chi connectivity index (χ1) is 16.0. The van der Waals surface area contributed by atoms with Gasteiger partial charge in [-0.05, 0) is 37.5 Å². The molecular weight excluding hydrogens is 452 g/mol. The average molecular weight is 487 g/mol. The van der Waals surface area contributed by atoms with E-state index in [0.717, 1.165) is 44.2 Å². The summed E-state index contributed by atoms with van der Waals surface area (Å²) in [6.07, 6.45) is 12.2. The number of fused-ring (bicyclic) bond motifs is 1. The topological polar surface area (TPSA) is 66.7 Å². The Hall–Kier alpha value is -2.19. The maximum Gasteiger partial charge on any atom is 0.267 e. The second-order valence-corrected chi connectivity index (χ2v) is 10.1. The largest absolute Gasteiger partial charge is 0.369 e. The molecule has 0 radical (unpaired) electrons. The number of thiocarbonyl (C=S) groups is 1. The minimum atomic E-state index is -0.188. The number of amides is 1. The molecule has 8 heteroatoms. The van der Waals surface area contributed by atoms with Crippen LogP contribution in [-0.4, -0.2) is 37.6 Å². The van der Waals surface area contributed by atoms with E-state index in [0.29, 0.717) is 32.8 Å². The number of rotatable bonds is 12. The lowest BCUT2D eigenvalue weighted by Crippen LogP contribution is -2.29. The number of anilines is 1. The fourth-order valence-corrected chi connectivity index (χ4v) is 5.15. The van der Waals surface area contributed by atoms with Crippen LogP contribution in [0.25, 0.3) is 11.7 Å². The number of hydrogen-bond donors (Lipinski definition) is 1. The van der Waals surface area contributed by atoms with E-state index in [9.17, 15) is 9.59 Å². The molecule has 1 saturated heterocycles. The Balaban J connectivity index is 1.90. The molecule has 1 fully saturated rings. The lowest BCUT2D eigenvalue weighted by molar-refractivity contribution is -0.122. The predicted molar refractivity (Wildman–Crippen MR) is 143 cm³/mol. The summed E-state index contributed by atoms with van der Waals surface area (Å²) in [5.41, 5.74) is 1.76. The van der Waals surface area contributed by atoms with Gasteiger partial charge in [0.05, 0.1) is 10.5 Å². The molecule has 0 aliphatic carbocycles. The van der Waals surface area contributed by atoms with Crippen molar-refractivity contribution >= 4 is 51.7 Å². The van der Waals surface area contributed by atoms with Gasteiger partial charge in [0.25, 0.3) is 11.5 Å². The van der Waals surface area contributed by atoms with Crippen molar-refractivity contribution < 1.29 is 4.79 Å². The molecule has 3 heterocycles. The highest BCUT2D eigenvalue weighted by Crippen LogP contribution is 2.33. The van der Waals surface area contributed by atoms with E-state index in [-0.39, 0.29) is 11.5 Å². The first kappa shape index (κ1) is 25.4. The number of carbonyl (C=O) groups is 1. The molecule has 1 aliphatic heterocycles. The van der Waals surface area contributed by atoms with Crippen LogP contribution in [0.1, 0.15) is 76.3 Å². The smallest absolute Gasteiger partial charge is 0.267 e. The van der Waals surface area contributed by atoms with Gasteiger partial charge in [0.1, 0.15) is 15.8 Å². The van der Waals surface area contributed by atoms with E-state index in [4.69, 9.17) is 17.2 Å². The van der Waals surface area contributed by atoms with Gasteiger partial charge >= 0.3 is 0 Å². The zero-order valence-corrected chi connectivity index (χ0v) is 21.5. The number of thioether (sulfide) groups is 1. The van der Waals surface area contributed by atoms with Gasteiger partial charge in [0, 0.05) is 19.3 Å². The van der Waals surface area contributed by atoms with Gasteiger partial charge in [0.2, 0.25) is 0 Å². The summed E-state index contributed by atoms with van der Waals surface area (Å²) in [7, 11) is 0. The third-order valence-electron chi connectivity index (χ3n) is 5.79. The third-order valence-corrected chi connectivity index (χ3v) is 7.17. The number of aryl methyl sites for hydroxylation is 1. The van der Waals surface area contributed by atoms with Gasteiger partial charge in [-0.15, -0.1) is 0 Å². The Morgan fingerprint density at radius 1 is 1.09 bits per heavy atom. The zero-order valence-electron chi connectivity index (χ0n) is 19.9. The molecular formula is C25H34N4O2S2. The number of unbranched alkanes of at least 4 members (excludes halogenated alkanes) is 6. The quantitative estimate of drug-likeness (QED) is 0.233. The molecule has 0 saturated carbocycles. The number of hydrogen-bond acceptors (Lipinski definition) is 6. The maximum absolute atomic E-state index is 13.4. The molecule has 6 nitrogen and oxygen atoms in total. The van der Waals surface area contributed by atoms with Crippen LogP contribution in [0, 0.1) is 6.92 Å². The average Bonchev–Trinajstić information content (AvgIpc) is 3.06. The van der Waals surface area contributed by atoms with E-state index >= 15 is 0 Å². The summed E-state index contributed by atoms with van der Waals surface area (Å²) in [5, 5.41) is 3.34. The van der Waals surface area contributed by atoms with E-state index in [1.54, 1.807) is 21.6 Å². The van der Waals surface area contributed by atoms with Crippen LogP contribution in [0.4, 0.5) is 5.82 Å². The molecule has 0 atom stereocenters. The van der Waals surface area contributed by atoms with Crippen molar-refractivity contribution in [1.29, 1.82) is 0 Å². The molecule has 1 N–H and O–H groups in total. The lowest BCUT2D eigenvalue weighted by Gasteiger charge is -2.14. The summed E-state index contributed by atoms with van der Waals surface area (Å²) in [5.74, 6) is 0.404. The van der Waals surface area contributed by atoms with Crippen LogP contribution in [0.5, 0.6) is 0 Å². The molecule has 178 valence electrons. The molecule has 2 aromatic rings. The van der Waals surface area contributed by atoms with Crippen molar-refractivity contribution in [2.75, 3.05) is 18.4 Å². The van der Waals surface area contributed by atoms with E-state index < -0.39 is 0 Å². The number of pyridine rings is 1. The highest BCUT2D eigenvalue weighted by molar-refractivity contribution is 8.26. The Morgan fingerprint density at radius 2 is 1.82 bits per heavy atom. The Bertz CT molecular complexity index is 1090. The van der Waals surface area contributed by atoms with Crippen LogP contribution >= 0.6 is 24.0 Å². The van der Waals surface area contributed by atoms with Crippen molar-refractivity contribution in [3.63, 3.8) is 0 Å². The monoisotopic (exact) mass is 486 g/mol. The van der Waals surface area contributed by atoms with Crippen molar-refractivity contribution in [2.24, 2.45) is 0 Å². The number of aromatic nitrogens is 2. The molecule has 1 amide bonds. The molecule has 0 bridgehead atoms. The molecule has 1 aliphatic rings. The van der Waals surface area contributed by atoms with Gasteiger partial charge < -0.3 is 5.32 Å². The molecule has 0 aromatic carbocycles. The standard InChI is InChI=1S/C25H34N4O2S2/c1-4-6-8-9-11-15-29-24(31)20(33-25(29)32)17-19-21(26-14-10-7-5-2)27-22-18(3)13-12-16-28(22)23(19)30/h12-13,16-17,26H,4-11,14-15H2,1-3H3. The number of nitrogens with zero attached hydrogens (tertiary/aromatic N) is 3. The maximum atomic E-state index is 13.4. The second-order valence-electron chi connectivity index (χ2n) is 8.45. The number of carbonyl (C=O) groups excluding carboxylic acids is 1. The minimum absolute atomic E-state index is 0.119. The van der Waals surface area contributed by atoms with Gasteiger partial charge in [-0.3, -0.25) is 18.9 Å². The minimum Gasteiger partial charge on any atom is -0.369 e. The van der Waals surface area contributed by atoms with Crippen LogP contribution in [0.3, 0.4) is 0 Å². The fraction of sp³-hybridized carbons (Fsp3) is 0.520. The van der Waals surface area contributed by atoms with Gasteiger partial charge in [0.15, 0.2) is 0 Å². The van der Waals surface area contributed by atoms with E-state index in [2.05, 4.69) is 19.2 Å². The first-order valence-corrected chi connectivity index (χ1v) is 13.2. The summed E-state index contributed by atoms with van der Waals surface area (Å²) < 4.78 is 2.11. The predicted octanol–water partition coefficient (Wildman–Crippen LogP) is 5.78. The molecule has 0 unspecified atom stereocenters. The zero-order chi connectivity index (χ0) is 23.8. The molecule has 33 heavy (non-hydrogen) atoms. The molecule has 0 spiro atoms. The summed E-state index contributed by atoms with van der Waals surface area (Å²) >= 11 is 6.75. The van der Waals surface area contributed by atoms with Gasteiger partial charge in [-0.1, -0.05) is 82.4 Å². The summed E-state index contributed by atoms with van der Waals surface area (Å²) in [6, 6.07) is 3.77. The molecule has 3 rings (SSSR count). The van der Waals surface area contributed by atoms with Crippen LogP contribution in [-0.2, 0) is 4.79 Å². The van der Waals surface area contributed by atoms with Gasteiger partial charge in [-0.2, -0.15) is 0 Å². The van der Waals surface area contributed by atoms with Crippen molar-refractivity contribution in [1.82, 2.24) is 14.3 Å². The van der Waals surface area contributed by atoms with E-state index in [1.165, 1.54) is 31.0 Å². The Morgan fingerprint density at radius 3 is 2.58 bits per heavy atom. The van der Waals surface area contributed by atoms with Crippen molar-refractivity contribution in [3.05, 3.63) is 44.7 Å². The van der Waals surface area contributed by atoms with Crippen molar-refractivity contribution in [2.45, 2.75) is 72.1 Å². The Labute approximate surface area is 205 Å². The summed E-state index contributed by atoms with van der Waals surface area (Å²) in [4.78, 5) is 33.4. The summed E-state index contributed by atoms with van der Waals surface area (Å²) in [6.45, 7) is 7.63. The number of nitrogens with one attached hydrogen (secondary N) is 1.